The lowest BCUT2D eigenvalue weighted by Crippen LogP contribution is -2.34. The quantitative estimate of drug-likeness (QED) is 0.715. The van der Waals surface area contributed by atoms with Crippen molar-refractivity contribution in [3.05, 3.63) is 56.7 Å². The van der Waals surface area contributed by atoms with Crippen molar-refractivity contribution in [1.29, 1.82) is 0 Å². The van der Waals surface area contributed by atoms with E-state index in [-0.39, 0.29) is 0 Å². The second-order valence-corrected chi connectivity index (χ2v) is 7.06. The van der Waals surface area contributed by atoms with E-state index in [1.165, 1.54) is 18.4 Å². The van der Waals surface area contributed by atoms with E-state index in [2.05, 4.69) is 72.5 Å². The van der Waals surface area contributed by atoms with Crippen LogP contribution in [-0.4, -0.2) is 11.0 Å². The molecule has 0 aliphatic heterocycles. The molecule has 4 heteroatoms. The number of nitrogens with one attached hydrogen (secondary N) is 1. The summed E-state index contributed by atoms with van der Waals surface area (Å²) in [6.45, 7) is 2.04. The van der Waals surface area contributed by atoms with Crippen molar-refractivity contribution in [2.45, 2.75) is 31.7 Å². The number of benzene rings is 1. The van der Waals surface area contributed by atoms with Gasteiger partial charge in [-0.15, -0.1) is 0 Å². The van der Waals surface area contributed by atoms with Crippen LogP contribution in [0, 0.1) is 6.92 Å². The Morgan fingerprint density at radius 1 is 1.05 bits per heavy atom. The molecule has 1 fully saturated rings. The predicted molar refractivity (Wildman–Crippen MR) is 90.2 cm³/mol. The fourth-order valence-electron chi connectivity index (χ4n) is 2.65. The van der Waals surface area contributed by atoms with Gasteiger partial charge in [0.1, 0.15) is 4.60 Å². The number of hydrogen-bond donors (Lipinski definition) is 1. The van der Waals surface area contributed by atoms with Crippen molar-refractivity contribution in [3.8, 4) is 0 Å². The minimum absolute atomic E-state index is 0.560. The molecule has 0 radical (unpaired) electrons. The van der Waals surface area contributed by atoms with Crippen molar-refractivity contribution in [2.75, 3.05) is 5.32 Å². The molecule has 1 N–H and O–H groups in total. The Morgan fingerprint density at radius 2 is 1.75 bits per heavy atom. The SMILES string of the molecule is Cc1nc(Br)ccc1NC1CC(c2ccc(Br)cc2)C1. The smallest absolute Gasteiger partial charge is 0.106 e. The van der Waals surface area contributed by atoms with E-state index in [0.29, 0.717) is 12.0 Å². The van der Waals surface area contributed by atoms with Crippen LogP contribution in [0.4, 0.5) is 5.69 Å². The van der Waals surface area contributed by atoms with Gasteiger partial charge in [-0.1, -0.05) is 28.1 Å². The number of pyridine rings is 1. The van der Waals surface area contributed by atoms with E-state index < -0.39 is 0 Å². The molecule has 1 aliphatic rings. The summed E-state index contributed by atoms with van der Waals surface area (Å²) < 4.78 is 2.04. The highest BCUT2D eigenvalue weighted by molar-refractivity contribution is 9.10. The first kappa shape index (κ1) is 14.1. The lowest BCUT2D eigenvalue weighted by atomic mass is 9.76. The molecular formula is C16H16Br2N2. The molecule has 0 amide bonds. The standard InChI is InChI=1S/C16H16Br2N2/c1-10-15(6-7-16(18)19-10)20-14-8-12(9-14)11-2-4-13(17)5-3-11/h2-7,12,14,20H,8-9H2,1H3. The number of hydrogen-bond acceptors (Lipinski definition) is 2. The molecule has 1 aliphatic carbocycles. The first-order chi connectivity index (χ1) is 9.61. The van der Waals surface area contributed by atoms with Crippen molar-refractivity contribution >= 4 is 37.5 Å². The Balaban J connectivity index is 1.59. The number of anilines is 1. The lowest BCUT2D eigenvalue weighted by molar-refractivity contribution is 0.374. The van der Waals surface area contributed by atoms with Crippen LogP contribution in [0.3, 0.4) is 0 Å². The molecule has 0 bridgehead atoms. The van der Waals surface area contributed by atoms with Gasteiger partial charge in [-0.2, -0.15) is 0 Å². The fraction of sp³-hybridized carbons (Fsp3) is 0.312. The number of aromatic nitrogens is 1. The molecule has 1 aromatic carbocycles. The highest BCUT2D eigenvalue weighted by Gasteiger charge is 2.30. The van der Waals surface area contributed by atoms with Gasteiger partial charge in [0.25, 0.3) is 0 Å². The van der Waals surface area contributed by atoms with Crippen LogP contribution in [0.5, 0.6) is 0 Å². The fourth-order valence-corrected chi connectivity index (χ4v) is 3.31. The van der Waals surface area contributed by atoms with Crippen LogP contribution in [0.1, 0.15) is 30.0 Å². The maximum absolute atomic E-state index is 4.42. The van der Waals surface area contributed by atoms with Gasteiger partial charge in [-0.05, 0) is 71.4 Å². The van der Waals surface area contributed by atoms with E-state index in [1.807, 2.05) is 13.0 Å². The van der Waals surface area contributed by atoms with E-state index in [0.717, 1.165) is 20.5 Å². The summed E-state index contributed by atoms with van der Waals surface area (Å²) in [6, 6.07) is 13.3. The van der Waals surface area contributed by atoms with Gasteiger partial charge in [0.05, 0.1) is 11.4 Å². The Kier molecular flexibility index (Phi) is 4.13. The highest BCUT2D eigenvalue weighted by atomic mass is 79.9. The second kappa shape index (κ2) is 5.86. The van der Waals surface area contributed by atoms with Crippen LogP contribution in [0.15, 0.2) is 45.5 Å². The predicted octanol–water partition coefficient (Wildman–Crippen LogP) is 5.27. The molecular weight excluding hydrogens is 380 g/mol. The average Bonchev–Trinajstić information content (AvgIpc) is 2.37. The molecule has 1 aromatic heterocycles. The average molecular weight is 396 g/mol. The number of aryl methyl sites for hydroxylation is 1. The number of nitrogens with zero attached hydrogens (tertiary/aromatic N) is 1. The minimum atomic E-state index is 0.560. The molecule has 0 saturated heterocycles. The topological polar surface area (TPSA) is 24.9 Å². The van der Waals surface area contributed by atoms with Gasteiger partial charge in [0, 0.05) is 10.5 Å². The molecule has 0 unspecified atom stereocenters. The molecule has 1 saturated carbocycles. The van der Waals surface area contributed by atoms with Gasteiger partial charge in [-0.25, -0.2) is 4.98 Å². The normalized spacial score (nSPS) is 21.4. The monoisotopic (exact) mass is 394 g/mol. The van der Waals surface area contributed by atoms with Gasteiger partial charge >= 0.3 is 0 Å². The van der Waals surface area contributed by atoms with Crippen molar-refractivity contribution in [2.24, 2.45) is 0 Å². The van der Waals surface area contributed by atoms with E-state index in [9.17, 15) is 0 Å². The third-order valence-corrected chi connectivity index (χ3v) is 4.86. The van der Waals surface area contributed by atoms with Gasteiger partial charge in [0.2, 0.25) is 0 Å². The molecule has 0 spiro atoms. The van der Waals surface area contributed by atoms with E-state index in [4.69, 9.17) is 0 Å². The zero-order valence-electron chi connectivity index (χ0n) is 11.2. The third-order valence-electron chi connectivity index (χ3n) is 3.89. The second-order valence-electron chi connectivity index (χ2n) is 5.33. The van der Waals surface area contributed by atoms with Crippen molar-refractivity contribution in [1.82, 2.24) is 4.98 Å². The Labute approximate surface area is 136 Å². The largest absolute Gasteiger partial charge is 0.381 e. The van der Waals surface area contributed by atoms with Crippen LogP contribution >= 0.6 is 31.9 Å². The van der Waals surface area contributed by atoms with Crippen LogP contribution in [0.2, 0.25) is 0 Å². The lowest BCUT2D eigenvalue weighted by Gasteiger charge is -2.37. The first-order valence-corrected chi connectivity index (χ1v) is 8.35. The molecule has 3 rings (SSSR count). The zero-order chi connectivity index (χ0) is 14.1. The summed E-state index contributed by atoms with van der Waals surface area (Å²) >= 11 is 6.88. The van der Waals surface area contributed by atoms with Crippen LogP contribution in [0.25, 0.3) is 0 Å². The Bertz CT molecular complexity index is 604. The molecule has 2 aromatic rings. The van der Waals surface area contributed by atoms with Gasteiger partial charge in [0.15, 0.2) is 0 Å². The maximum Gasteiger partial charge on any atom is 0.106 e. The maximum atomic E-state index is 4.42. The summed E-state index contributed by atoms with van der Waals surface area (Å²) in [4.78, 5) is 4.42. The Morgan fingerprint density at radius 3 is 2.40 bits per heavy atom. The number of rotatable bonds is 3. The molecule has 104 valence electrons. The summed E-state index contributed by atoms with van der Waals surface area (Å²) in [5.74, 6) is 0.685. The van der Waals surface area contributed by atoms with Gasteiger partial charge < -0.3 is 5.32 Å². The summed E-state index contributed by atoms with van der Waals surface area (Å²) in [7, 11) is 0. The molecule has 2 nitrogen and oxygen atoms in total. The van der Waals surface area contributed by atoms with Crippen molar-refractivity contribution in [3.63, 3.8) is 0 Å². The molecule has 20 heavy (non-hydrogen) atoms. The van der Waals surface area contributed by atoms with E-state index in [1.54, 1.807) is 0 Å². The molecule has 1 heterocycles. The highest BCUT2D eigenvalue weighted by Crippen LogP contribution is 2.39. The first-order valence-electron chi connectivity index (χ1n) is 6.77. The summed E-state index contributed by atoms with van der Waals surface area (Å²) in [5, 5.41) is 3.59. The summed E-state index contributed by atoms with van der Waals surface area (Å²) in [5.41, 5.74) is 3.64. The van der Waals surface area contributed by atoms with Crippen LogP contribution < -0.4 is 5.32 Å². The number of halogens is 2. The third kappa shape index (κ3) is 3.07. The van der Waals surface area contributed by atoms with Gasteiger partial charge in [-0.3, -0.25) is 0 Å². The molecule has 0 atom stereocenters. The van der Waals surface area contributed by atoms with E-state index >= 15 is 0 Å². The Hall–Kier alpha value is -0.870. The summed E-state index contributed by atoms with van der Waals surface area (Å²) in [6.07, 6.45) is 2.38. The van der Waals surface area contributed by atoms with Crippen molar-refractivity contribution < 1.29 is 0 Å². The zero-order valence-corrected chi connectivity index (χ0v) is 14.4. The minimum Gasteiger partial charge on any atom is -0.381 e. The van der Waals surface area contributed by atoms with Crippen LogP contribution in [-0.2, 0) is 0 Å².